The van der Waals surface area contributed by atoms with Gasteiger partial charge in [0.1, 0.15) is 58.9 Å². The molecule has 0 aliphatic carbocycles. The highest BCUT2D eigenvalue weighted by Crippen LogP contribution is 2.61. The van der Waals surface area contributed by atoms with Crippen molar-refractivity contribution in [1.29, 1.82) is 0 Å². The first-order valence-corrected chi connectivity index (χ1v) is 27.1. The molecule has 8 bridgehead atoms. The number of aromatic nitrogens is 3. The molecule has 82 heavy (non-hydrogen) atoms. The van der Waals surface area contributed by atoms with Gasteiger partial charge in [0.2, 0.25) is 35.4 Å². The maximum Gasteiger partial charge on any atom is 0.360 e. The van der Waals surface area contributed by atoms with Crippen molar-refractivity contribution in [3.63, 3.8) is 0 Å². The first kappa shape index (κ1) is 52.3. The lowest BCUT2D eigenvalue weighted by molar-refractivity contribution is -0.142. The minimum Gasteiger partial charge on any atom is -0.473 e. The zero-order chi connectivity index (χ0) is 57.3. The molecule has 22 heteroatoms. The first-order valence-electron chi connectivity index (χ1n) is 27.1. The Morgan fingerprint density at radius 1 is 0.646 bits per heavy atom. The van der Waals surface area contributed by atoms with Gasteiger partial charge in [-0.3, -0.25) is 9.59 Å². The molecule has 0 radical (unpaired) electrons. The van der Waals surface area contributed by atoms with Gasteiger partial charge in [0.25, 0.3) is 0 Å². The number of carbonyl (C=O) groups excluding carboxylic acids is 4. The summed E-state index contributed by atoms with van der Waals surface area (Å²) in [7, 11) is 2.54. The molecule has 10 heterocycles. The summed E-state index contributed by atoms with van der Waals surface area (Å²) < 4.78 is 77.5. The second kappa shape index (κ2) is 19.3. The molecular formula is C60H56F2N8O12. The van der Waals surface area contributed by atoms with Gasteiger partial charge in [-0.25, -0.2) is 38.3 Å². The van der Waals surface area contributed by atoms with Crippen LogP contribution in [0.4, 0.5) is 20.2 Å². The summed E-state index contributed by atoms with van der Waals surface area (Å²) >= 11 is 0. The highest BCUT2D eigenvalue weighted by Gasteiger charge is 2.63. The molecule has 20 nitrogen and oxygen atoms in total. The Morgan fingerprint density at radius 3 is 1.66 bits per heavy atom. The number of hydrogen-bond acceptors (Lipinski definition) is 18. The van der Waals surface area contributed by atoms with Crippen molar-refractivity contribution in [3.8, 4) is 23.1 Å². The van der Waals surface area contributed by atoms with E-state index in [0.717, 1.165) is 22.3 Å². The van der Waals surface area contributed by atoms with Gasteiger partial charge >= 0.3 is 11.9 Å². The molecule has 7 aliphatic rings. The number of rotatable bonds is 6. The van der Waals surface area contributed by atoms with E-state index in [1.807, 2.05) is 77.9 Å². The second-order valence-electron chi connectivity index (χ2n) is 22.4. The number of amides is 2. The highest BCUT2D eigenvalue weighted by atomic mass is 19.1. The van der Waals surface area contributed by atoms with Gasteiger partial charge in [-0.15, -0.1) is 0 Å². The average molecular weight is 1120 g/mol. The Balaban J connectivity index is 0.000000154. The topological polar surface area (TPSA) is 253 Å². The lowest BCUT2D eigenvalue weighted by Gasteiger charge is -2.28. The van der Waals surface area contributed by atoms with Crippen LogP contribution in [0.25, 0.3) is 11.6 Å². The van der Waals surface area contributed by atoms with Gasteiger partial charge < -0.3 is 58.2 Å². The molecule has 0 fully saturated rings. The van der Waals surface area contributed by atoms with Crippen LogP contribution in [0.15, 0.2) is 97.3 Å². The summed E-state index contributed by atoms with van der Waals surface area (Å²) in [6.45, 7) is 11.6. The normalized spacial score (nSPS) is 25.7. The Morgan fingerprint density at radius 2 is 1.16 bits per heavy atom. The third-order valence-corrected chi connectivity index (χ3v) is 16.5. The van der Waals surface area contributed by atoms with E-state index in [0.29, 0.717) is 52.6 Å². The van der Waals surface area contributed by atoms with Gasteiger partial charge in [-0.1, -0.05) is 65.8 Å². The number of hydrogen-bond donors (Lipinski definition) is 4. The number of nitrogens with one attached hydrogen (secondary N) is 4. The number of carbonyl (C=O) groups is 4. The molecule has 0 saturated heterocycles. The Bertz CT molecular complexity index is 3850. The van der Waals surface area contributed by atoms with E-state index in [-0.39, 0.29) is 88.5 Å². The van der Waals surface area contributed by atoms with Gasteiger partial charge in [-0.05, 0) is 84.3 Å². The van der Waals surface area contributed by atoms with Gasteiger partial charge in [0.15, 0.2) is 47.1 Å². The summed E-state index contributed by atoms with van der Waals surface area (Å²) in [6, 6.07) is 18.6. The van der Waals surface area contributed by atoms with Crippen LogP contribution in [0, 0.1) is 35.3 Å². The zero-order valence-electron chi connectivity index (χ0n) is 45.8. The molecule has 7 aliphatic heterocycles. The minimum atomic E-state index is -1.20. The number of esters is 2. The van der Waals surface area contributed by atoms with E-state index in [2.05, 4.69) is 31.2 Å². The quantitative estimate of drug-likeness (QED) is 0.114. The number of ether oxygens (including phenoxy) is 5. The second-order valence-corrected chi connectivity index (χ2v) is 22.4. The van der Waals surface area contributed by atoms with Crippen LogP contribution in [-0.4, -0.2) is 83.9 Å². The molecule has 3 unspecified atom stereocenters. The van der Waals surface area contributed by atoms with Gasteiger partial charge in [0, 0.05) is 45.5 Å². The van der Waals surface area contributed by atoms with Crippen molar-refractivity contribution < 1.29 is 64.9 Å². The molecule has 3 aromatic heterocycles. The number of fused-ring (bicyclic) bond motifs is 8. The van der Waals surface area contributed by atoms with Crippen LogP contribution in [0.3, 0.4) is 0 Å². The number of anilines is 2. The number of halogens is 2. The predicted molar refractivity (Wildman–Crippen MR) is 287 cm³/mol. The van der Waals surface area contributed by atoms with E-state index >= 15 is 0 Å². The molecule has 4 aromatic carbocycles. The molecule has 2 spiro atoms. The van der Waals surface area contributed by atoms with E-state index in [9.17, 15) is 28.0 Å². The molecule has 4 N–H and O–H groups in total. The Kier molecular flexibility index (Phi) is 12.3. The molecule has 9 atom stereocenters. The summed E-state index contributed by atoms with van der Waals surface area (Å²) in [5.74, 6) is -0.834. The fraction of sp³-hybridized carbons (Fsp3) is 0.367. The fourth-order valence-corrected chi connectivity index (χ4v) is 12.4. The lowest BCUT2D eigenvalue weighted by atomic mass is 9.72. The smallest absolute Gasteiger partial charge is 0.360 e. The standard InChI is InChI=1S/C30H29FN4O6.C30H27FN4O6/c2*1-13(2)22-27-35-23(26-32-20(12-39-26)28(37)38-4)24(41-27)30-17-11-16(31)6-7-19(17)33-29(30)40-21-8-5-15(10-18(21)30)9-14(3)25(36)34-22/h5-8,10-11,13-14,20,22,29,33H,9,12H2,1-4H3,(H,34,36);5-8,10-14,22,29,33H,9H2,1-4H3,(H,34,36)/t14?,20?,22-,29+,30-;14?,22-,29+,30-/m00/s1. The third kappa shape index (κ3) is 7.94. The van der Waals surface area contributed by atoms with Crippen molar-refractivity contribution in [1.82, 2.24) is 25.6 Å². The zero-order valence-corrected chi connectivity index (χ0v) is 45.8. The maximum atomic E-state index is 14.9. The van der Waals surface area contributed by atoms with E-state index in [1.54, 1.807) is 12.1 Å². The Labute approximate surface area is 467 Å². The first-order chi connectivity index (χ1) is 39.4. The molecule has 0 saturated carbocycles. The summed E-state index contributed by atoms with van der Waals surface area (Å²) in [4.78, 5) is 69.7. The van der Waals surface area contributed by atoms with Crippen LogP contribution >= 0.6 is 0 Å². The van der Waals surface area contributed by atoms with Crippen LogP contribution in [-0.2, 0) is 52.3 Å². The van der Waals surface area contributed by atoms with Crippen molar-refractivity contribution in [2.45, 2.75) is 95.8 Å². The number of oxazole rings is 3. The predicted octanol–water partition coefficient (Wildman–Crippen LogP) is 8.36. The van der Waals surface area contributed by atoms with Crippen LogP contribution in [0.2, 0.25) is 0 Å². The summed E-state index contributed by atoms with van der Waals surface area (Å²) in [5, 5.41) is 13.0. The number of aliphatic imine (C=N–C) groups is 1. The molecule has 7 aromatic rings. The van der Waals surface area contributed by atoms with Crippen molar-refractivity contribution >= 4 is 41.0 Å². The van der Waals surface area contributed by atoms with E-state index < -0.39 is 65.0 Å². The summed E-state index contributed by atoms with van der Waals surface area (Å²) in [6.07, 6.45) is 0.741. The molecular weight excluding hydrogens is 1060 g/mol. The minimum absolute atomic E-state index is 0.00931. The van der Waals surface area contributed by atoms with Crippen LogP contribution < -0.4 is 30.7 Å². The van der Waals surface area contributed by atoms with Crippen molar-refractivity contribution in [2.24, 2.45) is 28.7 Å². The largest absolute Gasteiger partial charge is 0.473 e. The molecule has 14 rings (SSSR count). The average Bonchev–Trinajstić information content (AvgIpc) is 3.63. The maximum absolute atomic E-state index is 14.9. The van der Waals surface area contributed by atoms with E-state index in [1.165, 1.54) is 44.7 Å². The van der Waals surface area contributed by atoms with Crippen molar-refractivity contribution in [2.75, 3.05) is 31.5 Å². The van der Waals surface area contributed by atoms with Gasteiger partial charge in [-0.2, -0.15) is 0 Å². The number of benzene rings is 4. The van der Waals surface area contributed by atoms with Gasteiger partial charge in [0.05, 0.1) is 14.2 Å². The Hall–Kier alpha value is -9.08. The lowest BCUT2D eigenvalue weighted by Crippen LogP contribution is -2.41. The summed E-state index contributed by atoms with van der Waals surface area (Å²) in [5.41, 5.74) is 3.91. The fourth-order valence-electron chi connectivity index (χ4n) is 12.4. The monoisotopic (exact) mass is 1120 g/mol. The van der Waals surface area contributed by atoms with E-state index in [4.69, 9.17) is 46.9 Å². The SMILES string of the molecule is COC(=O)C1COC(c2nc3oc2[C@@]24c5cc(F)ccc5N[C@@H]2Oc2ccc(cc24)CC(C)C(=O)N[C@H]3C(C)C)=N1.COC(=O)c1coc(-c2nc3oc2[C@@]24c5cc(F)ccc5N[C@@H]2Oc2ccc(cc24)CC(C)C(=O)N[C@H]3C(C)C)n1. The molecule has 422 valence electrons. The number of methoxy groups -OCH3 is 2. The highest BCUT2D eigenvalue weighted by molar-refractivity contribution is 5.98. The number of nitrogens with zero attached hydrogens (tertiary/aromatic N) is 4. The van der Waals surface area contributed by atoms with Crippen LogP contribution in [0.1, 0.15) is 126 Å². The molecule has 2 amide bonds. The van der Waals surface area contributed by atoms with Crippen LogP contribution in [0.5, 0.6) is 11.5 Å². The van der Waals surface area contributed by atoms with Crippen molar-refractivity contribution in [3.05, 3.63) is 159 Å². The third-order valence-electron chi connectivity index (χ3n) is 16.5.